The summed E-state index contributed by atoms with van der Waals surface area (Å²) in [6, 6.07) is 15.2. The molecule has 206 valence electrons. The summed E-state index contributed by atoms with van der Waals surface area (Å²) in [5, 5.41) is 0.738. The monoisotopic (exact) mass is 572 g/mol. The molecule has 2 aromatic carbocycles. The van der Waals surface area contributed by atoms with E-state index in [2.05, 4.69) is 25.5 Å². The van der Waals surface area contributed by atoms with Crippen molar-refractivity contribution in [3.05, 3.63) is 67.3 Å². The maximum Gasteiger partial charge on any atom is 0.496 e. The van der Waals surface area contributed by atoms with Crippen molar-refractivity contribution in [2.45, 2.75) is 24.8 Å². The Morgan fingerprint density at radius 1 is 0.816 bits per heavy atom. The lowest BCUT2D eigenvalue weighted by molar-refractivity contribution is -0.574. The highest BCUT2D eigenvalue weighted by Gasteiger charge is 2.57. The van der Waals surface area contributed by atoms with Gasteiger partial charge >= 0.3 is 30.8 Å². The Bertz CT molecular complexity index is 1270. The van der Waals surface area contributed by atoms with E-state index in [0.29, 0.717) is 10.8 Å². The van der Waals surface area contributed by atoms with E-state index in [4.69, 9.17) is 4.74 Å². The Kier molecular flexibility index (Phi) is 8.65. The Morgan fingerprint density at radius 3 is 2.03 bits per heavy atom. The Hall–Kier alpha value is -3.27. The van der Waals surface area contributed by atoms with E-state index in [1.54, 1.807) is 0 Å². The summed E-state index contributed by atoms with van der Waals surface area (Å²) in [6.45, 7) is -1.18. The van der Waals surface area contributed by atoms with Gasteiger partial charge in [-0.2, -0.15) is 17.6 Å². The third kappa shape index (κ3) is 8.65. The van der Waals surface area contributed by atoms with Gasteiger partial charge in [0.25, 0.3) is 0 Å². The Morgan fingerprint density at radius 2 is 1.42 bits per heavy atom. The van der Waals surface area contributed by atoms with Crippen LogP contribution in [-0.4, -0.2) is 44.0 Å². The summed E-state index contributed by atoms with van der Waals surface area (Å²) in [5.74, 6) is -1.66. The second-order valence-electron chi connectivity index (χ2n) is 7.28. The number of fused-ring (bicyclic) bond motifs is 1. The third-order valence-corrected chi connectivity index (χ3v) is 5.43. The Balaban J connectivity index is 1.59. The summed E-state index contributed by atoms with van der Waals surface area (Å²) in [5.41, 5.74) is 0.898. The van der Waals surface area contributed by atoms with Crippen LogP contribution in [0, 0.1) is 0 Å². The van der Waals surface area contributed by atoms with Crippen molar-refractivity contribution < 1.29 is 63.6 Å². The summed E-state index contributed by atoms with van der Waals surface area (Å²) in [7, 11) is 0. The van der Waals surface area contributed by atoms with Crippen LogP contribution in [0.3, 0.4) is 0 Å². The molecule has 0 bridgehead atoms. The number of alkyl halides is 8. The average Bonchev–Trinajstić information content (AvgIpc) is 3.23. The first kappa shape index (κ1) is 29.3. The number of halogens is 8. The molecule has 0 saturated carbocycles. The van der Waals surface area contributed by atoms with E-state index in [0.717, 1.165) is 15.8 Å². The minimum Gasteiger partial charge on any atom is -0.484 e. The van der Waals surface area contributed by atoms with Crippen LogP contribution in [-0.2, 0) is 23.7 Å². The molecular formula is C23H16F8O6S. The molecule has 3 aromatic rings. The quantitative estimate of drug-likeness (QED) is 0.0951. The largest absolute Gasteiger partial charge is 0.496 e. The normalized spacial score (nSPS) is 12.9. The van der Waals surface area contributed by atoms with Crippen LogP contribution in [0.4, 0.5) is 35.1 Å². The lowest BCUT2D eigenvalue weighted by atomic mass is 10.1. The highest BCUT2D eigenvalue weighted by atomic mass is 32.1. The number of ether oxygens (including phenoxy) is 5. The molecule has 38 heavy (non-hydrogen) atoms. The minimum absolute atomic E-state index is 0.186. The second-order valence-corrected chi connectivity index (χ2v) is 8.37. The Labute approximate surface area is 212 Å². The van der Waals surface area contributed by atoms with Crippen molar-refractivity contribution in [2.75, 3.05) is 13.2 Å². The highest BCUT2D eigenvalue weighted by Crippen LogP contribution is 2.38. The van der Waals surface area contributed by atoms with Crippen LogP contribution in [0.1, 0.15) is 0 Å². The molecule has 15 heteroatoms. The van der Waals surface area contributed by atoms with E-state index in [1.807, 2.05) is 36.4 Å². The standard InChI is InChI=1S/C23H16F8O6S/c1-2-19(32)34-13-21(26,27)36-23(30,31)37-22(28,29)35-20(24,25)12-33-16-9-8-15-10-17(38-18(15)11-16)14-6-4-3-5-7-14/h2-11H,1,12-13H2. The topological polar surface area (TPSA) is 63.2 Å². The van der Waals surface area contributed by atoms with Gasteiger partial charge in [-0.25, -0.2) is 19.0 Å². The zero-order chi connectivity index (χ0) is 28.2. The molecule has 0 aliphatic carbocycles. The summed E-state index contributed by atoms with van der Waals surface area (Å²) >= 11 is 1.30. The summed E-state index contributed by atoms with van der Waals surface area (Å²) in [4.78, 5) is 11.6. The van der Waals surface area contributed by atoms with Gasteiger partial charge in [0.1, 0.15) is 5.75 Å². The summed E-state index contributed by atoms with van der Waals surface area (Å²) < 4.78 is 126. The van der Waals surface area contributed by atoms with Gasteiger partial charge in [0.05, 0.1) is 0 Å². The number of carbonyl (C=O) groups excluding carboxylic acids is 1. The molecule has 0 atom stereocenters. The van der Waals surface area contributed by atoms with Crippen molar-refractivity contribution in [3.8, 4) is 16.2 Å². The van der Waals surface area contributed by atoms with E-state index >= 15 is 0 Å². The molecule has 0 saturated heterocycles. The lowest BCUT2D eigenvalue weighted by Crippen LogP contribution is -2.46. The maximum absolute atomic E-state index is 13.9. The fraction of sp³-hybridized carbons (Fsp3) is 0.261. The van der Waals surface area contributed by atoms with Gasteiger partial charge < -0.3 is 9.47 Å². The van der Waals surface area contributed by atoms with Crippen LogP contribution in [0.15, 0.2) is 67.3 Å². The van der Waals surface area contributed by atoms with Gasteiger partial charge in [-0.1, -0.05) is 36.9 Å². The predicted octanol–water partition coefficient (Wildman–Crippen LogP) is 7.01. The molecule has 3 rings (SSSR count). The molecule has 0 unspecified atom stereocenters. The fourth-order valence-electron chi connectivity index (χ4n) is 2.81. The van der Waals surface area contributed by atoms with Crippen LogP contribution in [0.5, 0.6) is 5.75 Å². The number of esters is 1. The maximum atomic E-state index is 13.9. The zero-order valence-corrected chi connectivity index (χ0v) is 19.6. The average molecular weight is 572 g/mol. The molecule has 0 aliphatic heterocycles. The van der Waals surface area contributed by atoms with Crippen LogP contribution >= 0.6 is 11.3 Å². The molecule has 1 aromatic heterocycles. The fourth-order valence-corrected chi connectivity index (χ4v) is 3.91. The molecular weight excluding hydrogens is 556 g/mol. The zero-order valence-electron chi connectivity index (χ0n) is 18.8. The van der Waals surface area contributed by atoms with Gasteiger partial charge in [0, 0.05) is 15.7 Å². The smallest absolute Gasteiger partial charge is 0.484 e. The van der Waals surface area contributed by atoms with Crippen molar-refractivity contribution in [1.29, 1.82) is 0 Å². The number of hydrogen-bond donors (Lipinski definition) is 0. The van der Waals surface area contributed by atoms with Crippen molar-refractivity contribution in [3.63, 3.8) is 0 Å². The van der Waals surface area contributed by atoms with E-state index < -0.39 is 44.0 Å². The van der Waals surface area contributed by atoms with Crippen LogP contribution in [0.25, 0.3) is 20.5 Å². The number of thiophene rings is 1. The lowest BCUT2D eigenvalue weighted by Gasteiger charge is -2.27. The second kappa shape index (κ2) is 11.2. The van der Waals surface area contributed by atoms with E-state index in [-0.39, 0.29) is 5.75 Å². The van der Waals surface area contributed by atoms with Crippen LogP contribution < -0.4 is 4.74 Å². The first-order valence-corrected chi connectivity index (χ1v) is 11.0. The van der Waals surface area contributed by atoms with E-state index in [9.17, 15) is 39.9 Å². The molecule has 0 aliphatic rings. The molecule has 0 spiro atoms. The van der Waals surface area contributed by atoms with Gasteiger partial charge in [-0.15, -0.1) is 28.9 Å². The molecule has 0 radical (unpaired) electrons. The van der Waals surface area contributed by atoms with Gasteiger partial charge in [0.15, 0.2) is 13.2 Å². The first-order valence-electron chi connectivity index (χ1n) is 10.2. The number of rotatable bonds is 13. The van der Waals surface area contributed by atoms with Gasteiger partial charge in [-0.05, 0) is 35.2 Å². The van der Waals surface area contributed by atoms with Crippen LogP contribution in [0.2, 0.25) is 0 Å². The molecule has 6 nitrogen and oxygen atoms in total. The van der Waals surface area contributed by atoms with Crippen molar-refractivity contribution >= 4 is 27.4 Å². The number of benzene rings is 2. The SMILES string of the molecule is C=CC(=O)OCC(F)(F)OC(F)(F)OC(F)(F)OC(F)(F)COc1ccc2cc(-c3ccccc3)sc2c1. The number of carbonyl (C=O) groups is 1. The molecule has 0 N–H and O–H groups in total. The highest BCUT2D eigenvalue weighted by molar-refractivity contribution is 7.22. The van der Waals surface area contributed by atoms with Crippen molar-refractivity contribution in [1.82, 2.24) is 0 Å². The molecule has 0 fully saturated rings. The minimum atomic E-state index is -5.86. The number of hydrogen-bond acceptors (Lipinski definition) is 7. The van der Waals surface area contributed by atoms with Gasteiger partial charge in [-0.3, -0.25) is 0 Å². The van der Waals surface area contributed by atoms with Gasteiger partial charge in [0.2, 0.25) is 0 Å². The first-order chi connectivity index (χ1) is 17.6. The van der Waals surface area contributed by atoms with Crippen molar-refractivity contribution in [2.24, 2.45) is 0 Å². The predicted molar refractivity (Wildman–Crippen MR) is 117 cm³/mol. The van der Waals surface area contributed by atoms with E-state index in [1.165, 1.54) is 29.5 Å². The molecule has 1 heterocycles. The summed E-state index contributed by atoms with van der Waals surface area (Å²) in [6.07, 6.45) is -21.3. The third-order valence-electron chi connectivity index (χ3n) is 4.28. The molecule has 0 amide bonds.